The van der Waals surface area contributed by atoms with Crippen LogP contribution in [0.15, 0.2) is 71.1 Å². The summed E-state index contributed by atoms with van der Waals surface area (Å²) < 4.78 is 7.07. The quantitative estimate of drug-likeness (QED) is 0.363. The van der Waals surface area contributed by atoms with Crippen molar-refractivity contribution in [2.75, 3.05) is 6.61 Å². The zero-order chi connectivity index (χ0) is 19.5. The number of hydrogen-bond acceptors (Lipinski definition) is 6. The molecule has 0 aliphatic carbocycles. The smallest absolute Gasteiger partial charge is 0.273 e. The lowest BCUT2D eigenvalue weighted by Gasteiger charge is -2.08. The van der Waals surface area contributed by atoms with Gasteiger partial charge in [0, 0.05) is 17.0 Å². The molecule has 0 saturated carbocycles. The molecule has 0 N–H and O–H groups in total. The first-order chi connectivity index (χ1) is 13.6. The molecule has 0 saturated heterocycles. The van der Waals surface area contributed by atoms with Crippen molar-refractivity contribution in [2.24, 2.45) is 0 Å². The van der Waals surface area contributed by atoms with Crippen LogP contribution in [0.1, 0.15) is 0 Å². The number of non-ortho nitro benzene ring substituents is 1. The van der Waals surface area contributed by atoms with Crippen LogP contribution in [0.2, 0.25) is 0 Å². The predicted molar refractivity (Wildman–Crippen MR) is 108 cm³/mol. The first-order valence-electron chi connectivity index (χ1n) is 8.53. The van der Waals surface area contributed by atoms with E-state index in [2.05, 4.69) is 4.98 Å². The molecule has 7 nitrogen and oxygen atoms in total. The van der Waals surface area contributed by atoms with E-state index in [0.29, 0.717) is 16.0 Å². The third-order valence-corrected chi connectivity index (χ3v) is 5.16. The topological polar surface area (TPSA) is 87.3 Å². The molecule has 28 heavy (non-hydrogen) atoms. The van der Waals surface area contributed by atoms with E-state index in [1.165, 1.54) is 34.4 Å². The number of fused-ring (bicyclic) bond motifs is 1. The maximum absolute atomic E-state index is 13.0. The summed E-state index contributed by atoms with van der Waals surface area (Å²) in [6, 6.07) is 15.7. The summed E-state index contributed by atoms with van der Waals surface area (Å²) in [6.07, 6.45) is 1.51. The highest BCUT2D eigenvalue weighted by molar-refractivity contribution is 7.17. The lowest BCUT2D eigenvalue weighted by atomic mass is 10.1. The van der Waals surface area contributed by atoms with Crippen molar-refractivity contribution in [3.05, 3.63) is 86.8 Å². The minimum Gasteiger partial charge on any atom is -0.491 e. The van der Waals surface area contributed by atoms with Crippen molar-refractivity contribution in [2.45, 2.75) is 6.54 Å². The Kier molecular flexibility index (Phi) is 4.86. The zero-order valence-electron chi connectivity index (χ0n) is 14.6. The van der Waals surface area contributed by atoms with Crippen molar-refractivity contribution in [3.63, 3.8) is 0 Å². The van der Waals surface area contributed by atoms with Gasteiger partial charge in [0.15, 0.2) is 0 Å². The van der Waals surface area contributed by atoms with Crippen molar-refractivity contribution in [3.8, 4) is 16.9 Å². The van der Waals surface area contributed by atoms with Crippen LogP contribution in [0.4, 0.5) is 5.69 Å². The maximum atomic E-state index is 13.0. The SMILES string of the molecule is O=c1c2c(-c3ccccc3)csc2ncn1CCOc1cccc([N+](=O)[O-])c1. The fourth-order valence-corrected chi connectivity index (χ4v) is 3.81. The first-order valence-corrected chi connectivity index (χ1v) is 9.41. The molecule has 2 heterocycles. The van der Waals surface area contributed by atoms with Gasteiger partial charge in [-0.15, -0.1) is 11.3 Å². The van der Waals surface area contributed by atoms with Crippen LogP contribution in [0.3, 0.4) is 0 Å². The molecule has 140 valence electrons. The molecule has 2 aromatic heterocycles. The lowest BCUT2D eigenvalue weighted by molar-refractivity contribution is -0.384. The number of thiophene rings is 1. The van der Waals surface area contributed by atoms with Gasteiger partial charge < -0.3 is 4.74 Å². The molecule has 0 unspecified atom stereocenters. The molecule has 0 amide bonds. The molecular formula is C20H15N3O4S. The third kappa shape index (κ3) is 3.49. The van der Waals surface area contributed by atoms with Crippen LogP contribution in [0.25, 0.3) is 21.3 Å². The van der Waals surface area contributed by atoms with E-state index in [-0.39, 0.29) is 24.4 Å². The zero-order valence-corrected chi connectivity index (χ0v) is 15.5. The van der Waals surface area contributed by atoms with E-state index in [4.69, 9.17) is 4.74 Å². The van der Waals surface area contributed by atoms with Crippen LogP contribution >= 0.6 is 11.3 Å². The third-order valence-electron chi connectivity index (χ3n) is 4.27. The molecule has 0 aliphatic rings. The van der Waals surface area contributed by atoms with Gasteiger partial charge in [-0.1, -0.05) is 36.4 Å². The normalized spacial score (nSPS) is 10.9. The molecule has 0 atom stereocenters. The average molecular weight is 393 g/mol. The van der Waals surface area contributed by atoms with Gasteiger partial charge in [0.05, 0.1) is 29.2 Å². The first kappa shape index (κ1) is 17.9. The number of nitrogens with zero attached hydrogens (tertiary/aromatic N) is 3. The Morgan fingerprint density at radius 3 is 2.75 bits per heavy atom. The summed E-state index contributed by atoms with van der Waals surface area (Å²) in [5, 5.41) is 13.4. The van der Waals surface area contributed by atoms with E-state index in [1.807, 2.05) is 35.7 Å². The average Bonchev–Trinajstić information content (AvgIpc) is 3.15. The van der Waals surface area contributed by atoms with E-state index in [0.717, 1.165) is 11.1 Å². The van der Waals surface area contributed by atoms with Gasteiger partial charge in [-0.05, 0) is 11.6 Å². The van der Waals surface area contributed by atoms with Crippen molar-refractivity contribution >= 4 is 27.2 Å². The Morgan fingerprint density at radius 1 is 1.14 bits per heavy atom. The van der Waals surface area contributed by atoms with E-state index in [1.54, 1.807) is 12.1 Å². The second-order valence-corrected chi connectivity index (χ2v) is 6.90. The molecule has 0 bridgehead atoms. The highest BCUT2D eigenvalue weighted by Gasteiger charge is 2.13. The highest BCUT2D eigenvalue weighted by Crippen LogP contribution is 2.30. The molecule has 0 radical (unpaired) electrons. The van der Waals surface area contributed by atoms with E-state index in [9.17, 15) is 14.9 Å². The maximum Gasteiger partial charge on any atom is 0.273 e. The number of nitro benzene ring substituents is 1. The standard InChI is InChI=1S/C20H15N3O4S/c24-20-18-17(14-5-2-1-3-6-14)12-28-19(18)21-13-22(20)9-10-27-16-8-4-7-15(11-16)23(25)26/h1-8,11-13H,9-10H2. The Labute approximate surface area is 163 Å². The minimum atomic E-state index is -0.475. The van der Waals surface area contributed by atoms with Gasteiger partial charge in [0.1, 0.15) is 17.2 Å². The monoisotopic (exact) mass is 393 g/mol. The molecule has 4 aromatic rings. The Balaban J connectivity index is 1.57. The minimum absolute atomic E-state index is 0.0384. The second kappa shape index (κ2) is 7.61. The summed E-state index contributed by atoms with van der Waals surface area (Å²) >= 11 is 1.44. The predicted octanol–water partition coefficient (Wildman–Crippen LogP) is 4.11. The summed E-state index contributed by atoms with van der Waals surface area (Å²) in [7, 11) is 0. The van der Waals surface area contributed by atoms with E-state index >= 15 is 0 Å². The van der Waals surface area contributed by atoms with Gasteiger partial charge in [0.2, 0.25) is 0 Å². The van der Waals surface area contributed by atoms with Gasteiger partial charge >= 0.3 is 0 Å². The van der Waals surface area contributed by atoms with Crippen LogP contribution < -0.4 is 10.3 Å². The molecule has 0 aliphatic heterocycles. The van der Waals surface area contributed by atoms with Crippen LogP contribution in [0, 0.1) is 10.1 Å². The number of rotatable bonds is 6. The van der Waals surface area contributed by atoms with Crippen LogP contribution in [-0.4, -0.2) is 21.1 Å². The van der Waals surface area contributed by atoms with Crippen LogP contribution in [0.5, 0.6) is 5.75 Å². The van der Waals surface area contributed by atoms with Gasteiger partial charge in [-0.2, -0.15) is 0 Å². The summed E-state index contributed by atoms with van der Waals surface area (Å²) in [5.74, 6) is 0.386. The van der Waals surface area contributed by atoms with Crippen molar-refractivity contribution in [1.29, 1.82) is 0 Å². The molecular weight excluding hydrogens is 378 g/mol. The molecule has 8 heteroatoms. The Hall–Kier alpha value is -3.52. The molecule has 0 spiro atoms. The largest absolute Gasteiger partial charge is 0.491 e. The highest BCUT2D eigenvalue weighted by atomic mass is 32.1. The Morgan fingerprint density at radius 2 is 1.96 bits per heavy atom. The van der Waals surface area contributed by atoms with Crippen molar-refractivity contribution in [1.82, 2.24) is 9.55 Å². The fourth-order valence-electron chi connectivity index (χ4n) is 2.91. The molecule has 4 rings (SSSR count). The molecule has 0 fully saturated rings. The Bertz CT molecular complexity index is 1200. The fraction of sp³-hybridized carbons (Fsp3) is 0.100. The number of nitro groups is 1. The van der Waals surface area contributed by atoms with Gasteiger partial charge in [-0.25, -0.2) is 4.98 Å². The number of aromatic nitrogens is 2. The summed E-state index contributed by atoms with van der Waals surface area (Å²) in [4.78, 5) is 28.4. The lowest BCUT2D eigenvalue weighted by Crippen LogP contribution is -2.23. The number of benzene rings is 2. The van der Waals surface area contributed by atoms with Crippen molar-refractivity contribution < 1.29 is 9.66 Å². The van der Waals surface area contributed by atoms with Gasteiger partial charge in [0.25, 0.3) is 11.2 Å². The van der Waals surface area contributed by atoms with Gasteiger partial charge in [-0.3, -0.25) is 19.5 Å². The number of hydrogen-bond donors (Lipinski definition) is 0. The second-order valence-electron chi connectivity index (χ2n) is 6.04. The molecule has 2 aromatic carbocycles. The summed E-state index contributed by atoms with van der Waals surface area (Å²) in [6.45, 7) is 0.480. The number of ether oxygens (including phenoxy) is 1. The summed E-state index contributed by atoms with van der Waals surface area (Å²) in [5.41, 5.74) is 1.67. The van der Waals surface area contributed by atoms with E-state index < -0.39 is 4.92 Å². The van der Waals surface area contributed by atoms with Crippen LogP contribution in [-0.2, 0) is 6.54 Å².